The summed E-state index contributed by atoms with van der Waals surface area (Å²) in [5, 5.41) is 16.2. The predicted molar refractivity (Wildman–Crippen MR) is 95.0 cm³/mol. The molecule has 2 aliphatic rings. The third-order valence-electron chi connectivity index (χ3n) is 5.27. The second kappa shape index (κ2) is 7.53. The summed E-state index contributed by atoms with van der Waals surface area (Å²) in [5.74, 6) is 1.76. The number of aliphatic hydroxyl groups is 1. The van der Waals surface area contributed by atoms with Crippen LogP contribution in [0.3, 0.4) is 0 Å². The highest BCUT2D eigenvalue weighted by Crippen LogP contribution is 2.29. The Kier molecular flexibility index (Phi) is 5.40. The fraction of sp³-hybridized carbons (Fsp3) is 0.765. The minimum Gasteiger partial charge on any atom is -0.396 e. The zero-order valence-corrected chi connectivity index (χ0v) is 14.4. The molecule has 1 aliphatic carbocycles. The molecule has 5 N–H and O–H groups in total. The summed E-state index contributed by atoms with van der Waals surface area (Å²) in [6.07, 6.45) is 7.70. The number of nitrogens with one attached hydrogen (secondary N) is 2. The van der Waals surface area contributed by atoms with Gasteiger partial charge in [0.25, 0.3) is 0 Å². The Morgan fingerprint density at radius 1 is 1.29 bits per heavy atom. The molecule has 7 heteroatoms. The zero-order chi connectivity index (χ0) is 17.0. The Morgan fingerprint density at radius 2 is 2.00 bits per heavy atom. The number of aliphatic hydroxyl groups excluding tert-OH is 1. The molecule has 134 valence electrons. The van der Waals surface area contributed by atoms with Crippen LogP contribution in [0.5, 0.6) is 0 Å². The summed E-state index contributed by atoms with van der Waals surface area (Å²) in [6, 6.07) is 0.358. The van der Waals surface area contributed by atoms with Crippen molar-refractivity contribution >= 4 is 17.5 Å². The average molecular weight is 335 g/mol. The summed E-state index contributed by atoms with van der Waals surface area (Å²) in [7, 11) is 0. The molecule has 0 spiro atoms. The number of aromatic nitrogens is 2. The van der Waals surface area contributed by atoms with E-state index in [0.717, 1.165) is 51.7 Å². The van der Waals surface area contributed by atoms with Crippen molar-refractivity contribution in [3.8, 4) is 0 Å². The van der Waals surface area contributed by atoms with Crippen LogP contribution in [0.4, 0.5) is 17.5 Å². The van der Waals surface area contributed by atoms with Crippen LogP contribution in [0.1, 0.15) is 45.4 Å². The van der Waals surface area contributed by atoms with E-state index >= 15 is 0 Å². The van der Waals surface area contributed by atoms with Gasteiger partial charge in [0.2, 0.25) is 5.95 Å². The second-order valence-electron chi connectivity index (χ2n) is 7.34. The molecular weight excluding hydrogens is 306 g/mol. The zero-order valence-electron chi connectivity index (χ0n) is 14.4. The molecule has 0 bridgehead atoms. The standard InChI is InChI=1S/C17H29N5O2/c1-17(6-8-24-9-7-17)22-16-19-10-14(18)15(21-16)20-13-4-2-12(11-23)3-5-13/h10,12-13,23H,2-9,11,18H2,1H3,(H2,19,20,21,22). The fourth-order valence-corrected chi connectivity index (χ4v) is 3.47. The maximum atomic E-state index is 9.25. The molecule has 0 radical (unpaired) electrons. The Bertz CT molecular complexity index is 540. The molecule has 0 atom stereocenters. The Balaban J connectivity index is 1.63. The fourth-order valence-electron chi connectivity index (χ4n) is 3.47. The van der Waals surface area contributed by atoms with Crippen molar-refractivity contribution < 1.29 is 9.84 Å². The third kappa shape index (κ3) is 4.27. The first kappa shape index (κ1) is 17.2. The molecule has 0 unspecified atom stereocenters. The van der Waals surface area contributed by atoms with Crippen LogP contribution in [0, 0.1) is 5.92 Å². The van der Waals surface area contributed by atoms with Gasteiger partial charge in [0.1, 0.15) is 0 Å². The van der Waals surface area contributed by atoms with Gasteiger partial charge in [-0.15, -0.1) is 0 Å². The topological polar surface area (TPSA) is 105 Å². The van der Waals surface area contributed by atoms with Crippen molar-refractivity contribution in [2.75, 3.05) is 36.2 Å². The van der Waals surface area contributed by atoms with Crippen molar-refractivity contribution in [1.82, 2.24) is 9.97 Å². The van der Waals surface area contributed by atoms with E-state index in [1.807, 2.05) is 0 Å². The molecule has 1 aromatic rings. The Hall–Kier alpha value is -1.60. The van der Waals surface area contributed by atoms with E-state index in [1.54, 1.807) is 6.20 Å². The second-order valence-corrected chi connectivity index (χ2v) is 7.34. The monoisotopic (exact) mass is 335 g/mol. The van der Waals surface area contributed by atoms with Crippen molar-refractivity contribution in [2.24, 2.45) is 5.92 Å². The van der Waals surface area contributed by atoms with Gasteiger partial charge in [0, 0.05) is 31.4 Å². The Labute approximate surface area is 143 Å². The van der Waals surface area contributed by atoms with Gasteiger partial charge in [-0.25, -0.2) is 4.98 Å². The highest BCUT2D eigenvalue weighted by Gasteiger charge is 2.28. The first-order chi connectivity index (χ1) is 11.6. The lowest BCUT2D eigenvalue weighted by atomic mass is 9.86. The van der Waals surface area contributed by atoms with E-state index in [4.69, 9.17) is 10.5 Å². The van der Waals surface area contributed by atoms with Crippen LogP contribution < -0.4 is 16.4 Å². The first-order valence-electron chi connectivity index (χ1n) is 8.94. The number of anilines is 3. The SMILES string of the molecule is CC1(Nc2ncc(N)c(NC3CCC(CO)CC3)n2)CCOCC1. The van der Waals surface area contributed by atoms with Crippen molar-refractivity contribution in [2.45, 2.75) is 57.0 Å². The average Bonchev–Trinajstić information content (AvgIpc) is 2.59. The quantitative estimate of drug-likeness (QED) is 0.652. The minimum absolute atomic E-state index is 0.0369. The maximum Gasteiger partial charge on any atom is 0.225 e. The van der Waals surface area contributed by atoms with Gasteiger partial charge >= 0.3 is 0 Å². The maximum absolute atomic E-state index is 9.25. The van der Waals surface area contributed by atoms with Crippen molar-refractivity contribution in [3.63, 3.8) is 0 Å². The molecule has 2 fully saturated rings. The summed E-state index contributed by atoms with van der Waals surface area (Å²) < 4.78 is 5.43. The van der Waals surface area contributed by atoms with Crippen LogP contribution in [-0.4, -0.2) is 46.5 Å². The lowest BCUT2D eigenvalue weighted by Gasteiger charge is -2.34. The van der Waals surface area contributed by atoms with Crippen molar-refractivity contribution in [3.05, 3.63) is 6.20 Å². The largest absolute Gasteiger partial charge is 0.396 e. The lowest BCUT2D eigenvalue weighted by molar-refractivity contribution is 0.0656. The normalized spacial score (nSPS) is 26.8. The number of ether oxygens (including phenoxy) is 1. The van der Waals surface area contributed by atoms with E-state index in [9.17, 15) is 5.11 Å². The lowest BCUT2D eigenvalue weighted by Crippen LogP contribution is -2.41. The molecule has 1 saturated heterocycles. The van der Waals surface area contributed by atoms with Crippen LogP contribution in [0.25, 0.3) is 0 Å². The summed E-state index contributed by atoms with van der Waals surface area (Å²) in [6.45, 7) is 3.99. The molecule has 1 aliphatic heterocycles. The highest BCUT2D eigenvalue weighted by atomic mass is 16.5. The number of hydrogen-bond donors (Lipinski definition) is 4. The van der Waals surface area contributed by atoms with Crippen LogP contribution in [0.2, 0.25) is 0 Å². The van der Waals surface area contributed by atoms with Gasteiger partial charge in [-0.3, -0.25) is 0 Å². The highest BCUT2D eigenvalue weighted by molar-refractivity contribution is 5.62. The van der Waals surface area contributed by atoms with Gasteiger partial charge in [-0.1, -0.05) is 0 Å². The number of rotatable bonds is 5. The summed E-state index contributed by atoms with van der Waals surface area (Å²) in [4.78, 5) is 8.93. The van der Waals surface area contributed by atoms with Crippen molar-refractivity contribution in [1.29, 1.82) is 0 Å². The molecule has 0 amide bonds. The molecule has 0 aromatic carbocycles. The van der Waals surface area contributed by atoms with Crippen LogP contribution >= 0.6 is 0 Å². The van der Waals surface area contributed by atoms with Gasteiger partial charge in [-0.05, 0) is 51.4 Å². The van der Waals surface area contributed by atoms with Gasteiger partial charge in [0.15, 0.2) is 5.82 Å². The third-order valence-corrected chi connectivity index (χ3v) is 5.27. The van der Waals surface area contributed by atoms with Crippen LogP contribution in [-0.2, 0) is 4.74 Å². The van der Waals surface area contributed by atoms with Gasteiger partial charge < -0.3 is 26.2 Å². The summed E-state index contributed by atoms with van der Waals surface area (Å²) in [5.41, 5.74) is 6.59. The van der Waals surface area contributed by atoms with E-state index in [-0.39, 0.29) is 5.54 Å². The predicted octanol–water partition coefficient (Wildman–Crippen LogP) is 2.00. The molecule has 1 saturated carbocycles. The molecule has 7 nitrogen and oxygen atoms in total. The molecule has 2 heterocycles. The number of nitrogens with zero attached hydrogens (tertiary/aromatic N) is 2. The first-order valence-corrected chi connectivity index (χ1v) is 8.94. The minimum atomic E-state index is -0.0369. The van der Waals surface area contributed by atoms with Gasteiger partial charge in [-0.2, -0.15) is 4.98 Å². The summed E-state index contributed by atoms with van der Waals surface area (Å²) >= 11 is 0. The number of hydrogen-bond acceptors (Lipinski definition) is 7. The van der Waals surface area contributed by atoms with E-state index < -0.39 is 0 Å². The van der Waals surface area contributed by atoms with Gasteiger partial charge in [0.05, 0.1) is 11.9 Å². The number of nitrogens with two attached hydrogens (primary N) is 1. The van der Waals surface area contributed by atoms with E-state index in [1.165, 1.54) is 0 Å². The molecule has 24 heavy (non-hydrogen) atoms. The smallest absolute Gasteiger partial charge is 0.225 e. The molecule has 1 aromatic heterocycles. The van der Waals surface area contributed by atoms with E-state index in [2.05, 4.69) is 27.5 Å². The van der Waals surface area contributed by atoms with E-state index in [0.29, 0.717) is 36.0 Å². The molecule has 3 rings (SSSR count). The molecular formula is C17H29N5O2. The van der Waals surface area contributed by atoms with Crippen LogP contribution in [0.15, 0.2) is 6.20 Å². The Morgan fingerprint density at radius 3 is 2.67 bits per heavy atom. The number of nitrogen functional groups attached to an aromatic ring is 1.